The van der Waals surface area contributed by atoms with E-state index < -0.39 is 0 Å². The van der Waals surface area contributed by atoms with Crippen molar-refractivity contribution in [2.24, 2.45) is 5.92 Å². The Balaban J connectivity index is 2.02. The molecule has 0 fully saturated rings. The maximum Gasteiger partial charge on any atom is 0.233 e. The van der Waals surface area contributed by atoms with Crippen LogP contribution in [-0.2, 0) is 4.79 Å². The van der Waals surface area contributed by atoms with Gasteiger partial charge in [-0.1, -0.05) is 61.9 Å². The van der Waals surface area contributed by atoms with Gasteiger partial charge in [0, 0.05) is 4.90 Å². The molecule has 0 radical (unpaired) electrons. The quantitative estimate of drug-likeness (QED) is 0.685. The smallest absolute Gasteiger partial charge is 0.233 e. The summed E-state index contributed by atoms with van der Waals surface area (Å²) in [5.41, 5.74) is 2.41. The number of nitrogens with one attached hydrogen (secondary N) is 1. The number of amides is 1. The molecule has 0 aliphatic carbocycles. The van der Waals surface area contributed by atoms with Gasteiger partial charge < -0.3 is 5.32 Å². The van der Waals surface area contributed by atoms with E-state index in [-0.39, 0.29) is 17.2 Å². The third-order valence-corrected chi connectivity index (χ3v) is 5.04. The number of rotatable bonds is 7. The highest BCUT2D eigenvalue weighted by Gasteiger charge is 2.20. The number of carbonyl (C=O) groups is 1. The molecule has 0 heterocycles. The monoisotopic (exact) mass is 341 g/mol. The Morgan fingerprint density at radius 2 is 1.62 bits per heavy atom. The summed E-state index contributed by atoms with van der Waals surface area (Å²) in [7, 11) is 0. The van der Waals surface area contributed by atoms with Gasteiger partial charge in [-0.3, -0.25) is 4.79 Å². The first-order valence-electron chi connectivity index (χ1n) is 8.54. The van der Waals surface area contributed by atoms with Crippen molar-refractivity contribution < 1.29 is 4.79 Å². The van der Waals surface area contributed by atoms with Crippen LogP contribution in [0.4, 0.5) is 0 Å². The van der Waals surface area contributed by atoms with E-state index in [1.807, 2.05) is 25.1 Å². The highest BCUT2D eigenvalue weighted by atomic mass is 32.2. The Bertz CT molecular complexity index is 637. The van der Waals surface area contributed by atoms with E-state index >= 15 is 0 Å². The third-order valence-electron chi connectivity index (χ3n) is 3.93. The minimum absolute atomic E-state index is 0.0692. The molecule has 2 aromatic carbocycles. The Morgan fingerprint density at radius 1 is 1.00 bits per heavy atom. The maximum absolute atomic E-state index is 12.6. The van der Waals surface area contributed by atoms with Crippen LogP contribution in [0.2, 0.25) is 0 Å². The molecular weight excluding hydrogens is 314 g/mol. The number of thioether (sulfide) groups is 1. The molecule has 0 aromatic heterocycles. The normalized spacial score (nSPS) is 13.5. The van der Waals surface area contributed by atoms with E-state index in [1.54, 1.807) is 11.8 Å². The van der Waals surface area contributed by atoms with Gasteiger partial charge in [-0.25, -0.2) is 0 Å². The van der Waals surface area contributed by atoms with Crippen LogP contribution >= 0.6 is 11.8 Å². The van der Waals surface area contributed by atoms with Gasteiger partial charge >= 0.3 is 0 Å². The summed E-state index contributed by atoms with van der Waals surface area (Å²) < 4.78 is 0. The Labute approximate surface area is 150 Å². The van der Waals surface area contributed by atoms with Crippen LogP contribution in [0, 0.1) is 12.8 Å². The van der Waals surface area contributed by atoms with E-state index in [9.17, 15) is 4.79 Å². The number of hydrogen-bond acceptors (Lipinski definition) is 2. The lowest BCUT2D eigenvalue weighted by molar-refractivity contribution is -0.121. The van der Waals surface area contributed by atoms with Crippen LogP contribution in [0.25, 0.3) is 0 Å². The zero-order valence-corrected chi connectivity index (χ0v) is 15.8. The molecule has 2 aromatic rings. The minimum Gasteiger partial charge on any atom is -0.348 e. The van der Waals surface area contributed by atoms with Gasteiger partial charge in [-0.05, 0) is 43.9 Å². The second-order valence-electron chi connectivity index (χ2n) is 6.67. The maximum atomic E-state index is 12.6. The minimum atomic E-state index is -0.119. The standard InChI is InChI=1S/C21H27NOS/c1-15(2)14-20(18-8-6-5-7-9-18)22-21(23)17(4)24-19-12-10-16(3)11-13-19/h5-13,15,17,20H,14H2,1-4H3,(H,22,23). The molecule has 0 bridgehead atoms. The summed E-state index contributed by atoms with van der Waals surface area (Å²) in [5, 5.41) is 3.12. The molecule has 0 aliphatic heterocycles. The van der Waals surface area contributed by atoms with Crippen LogP contribution < -0.4 is 5.32 Å². The summed E-state index contributed by atoms with van der Waals surface area (Å²) in [5.74, 6) is 0.616. The lowest BCUT2D eigenvalue weighted by Gasteiger charge is -2.23. The number of carbonyl (C=O) groups excluding carboxylic acids is 1. The highest BCUT2D eigenvalue weighted by molar-refractivity contribution is 8.00. The average molecular weight is 342 g/mol. The van der Waals surface area contributed by atoms with Crippen LogP contribution in [0.15, 0.2) is 59.5 Å². The third kappa shape index (κ3) is 5.72. The predicted octanol–water partition coefficient (Wildman–Crippen LogP) is 5.38. The van der Waals surface area contributed by atoms with Gasteiger partial charge in [0.25, 0.3) is 0 Å². The lowest BCUT2D eigenvalue weighted by atomic mass is 9.97. The molecule has 0 aliphatic rings. The van der Waals surface area contributed by atoms with Crippen LogP contribution in [0.3, 0.4) is 0 Å². The summed E-state index contributed by atoms with van der Waals surface area (Å²) in [6, 6.07) is 18.6. The molecule has 1 amide bonds. The SMILES string of the molecule is Cc1ccc(SC(C)C(=O)NC(CC(C)C)c2ccccc2)cc1. The second kappa shape index (κ2) is 8.93. The van der Waals surface area contributed by atoms with E-state index in [1.165, 1.54) is 11.1 Å². The molecule has 2 rings (SSSR count). The first-order chi connectivity index (χ1) is 11.5. The van der Waals surface area contributed by atoms with E-state index in [4.69, 9.17) is 0 Å². The van der Waals surface area contributed by atoms with Crippen LogP contribution in [0.5, 0.6) is 0 Å². The van der Waals surface area contributed by atoms with E-state index in [2.05, 4.69) is 62.5 Å². The first-order valence-corrected chi connectivity index (χ1v) is 9.42. The van der Waals surface area contributed by atoms with Crippen molar-refractivity contribution in [3.05, 3.63) is 65.7 Å². The highest BCUT2D eigenvalue weighted by Crippen LogP contribution is 2.26. The summed E-state index contributed by atoms with van der Waals surface area (Å²) in [6.45, 7) is 8.41. The fourth-order valence-electron chi connectivity index (χ4n) is 2.60. The summed E-state index contributed by atoms with van der Waals surface area (Å²) >= 11 is 1.60. The van der Waals surface area contributed by atoms with E-state index in [0.29, 0.717) is 5.92 Å². The Hall–Kier alpha value is -1.74. The molecule has 128 valence electrons. The molecule has 0 saturated carbocycles. The van der Waals surface area contributed by atoms with Crippen molar-refractivity contribution >= 4 is 17.7 Å². The summed E-state index contributed by atoms with van der Waals surface area (Å²) in [6.07, 6.45) is 0.942. The Morgan fingerprint density at radius 3 is 2.21 bits per heavy atom. The number of hydrogen-bond donors (Lipinski definition) is 1. The molecule has 0 spiro atoms. The van der Waals surface area contributed by atoms with Crippen molar-refractivity contribution in [2.75, 3.05) is 0 Å². The van der Waals surface area contributed by atoms with Gasteiger partial charge in [0.2, 0.25) is 5.91 Å². The fraction of sp³-hybridized carbons (Fsp3) is 0.381. The van der Waals surface area contributed by atoms with Crippen molar-refractivity contribution in [3.8, 4) is 0 Å². The van der Waals surface area contributed by atoms with Crippen molar-refractivity contribution in [2.45, 2.75) is 50.3 Å². The summed E-state index contributed by atoms with van der Waals surface area (Å²) in [4.78, 5) is 13.8. The lowest BCUT2D eigenvalue weighted by Crippen LogP contribution is -2.35. The zero-order valence-electron chi connectivity index (χ0n) is 15.0. The van der Waals surface area contributed by atoms with Crippen molar-refractivity contribution in [1.82, 2.24) is 5.32 Å². The molecule has 2 nitrogen and oxygen atoms in total. The number of aryl methyl sites for hydroxylation is 1. The molecule has 0 saturated heterocycles. The molecular formula is C21H27NOS. The molecule has 24 heavy (non-hydrogen) atoms. The van der Waals surface area contributed by atoms with Gasteiger partial charge in [0.15, 0.2) is 0 Å². The van der Waals surface area contributed by atoms with E-state index in [0.717, 1.165) is 11.3 Å². The zero-order chi connectivity index (χ0) is 17.5. The second-order valence-corrected chi connectivity index (χ2v) is 8.09. The topological polar surface area (TPSA) is 29.1 Å². The molecule has 2 unspecified atom stereocenters. The molecule has 1 N–H and O–H groups in total. The largest absolute Gasteiger partial charge is 0.348 e. The van der Waals surface area contributed by atoms with Crippen molar-refractivity contribution in [3.63, 3.8) is 0 Å². The van der Waals surface area contributed by atoms with Gasteiger partial charge in [-0.15, -0.1) is 11.8 Å². The fourth-order valence-corrected chi connectivity index (χ4v) is 3.48. The van der Waals surface area contributed by atoms with Crippen LogP contribution in [0.1, 0.15) is 44.4 Å². The van der Waals surface area contributed by atoms with Gasteiger partial charge in [0.1, 0.15) is 0 Å². The molecule has 2 atom stereocenters. The average Bonchev–Trinajstić information content (AvgIpc) is 2.56. The predicted molar refractivity (Wildman–Crippen MR) is 103 cm³/mol. The van der Waals surface area contributed by atoms with Gasteiger partial charge in [0.05, 0.1) is 11.3 Å². The first kappa shape index (κ1) is 18.6. The Kier molecular flexibility index (Phi) is 6.92. The van der Waals surface area contributed by atoms with Crippen molar-refractivity contribution in [1.29, 1.82) is 0 Å². The molecule has 3 heteroatoms. The van der Waals surface area contributed by atoms with Crippen LogP contribution in [-0.4, -0.2) is 11.2 Å². The number of benzene rings is 2. The van der Waals surface area contributed by atoms with Gasteiger partial charge in [-0.2, -0.15) is 0 Å².